The molecule has 1 amide bonds. The van der Waals surface area contributed by atoms with Gasteiger partial charge in [-0.3, -0.25) is 10.2 Å². The highest BCUT2D eigenvalue weighted by atomic mass is 32.2. The van der Waals surface area contributed by atoms with Gasteiger partial charge in [0.05, 0.1) is 6.61 Å². The van der Waals surface area contributed by atoms with Crippen molar-refractivity contribution in [3.63, 3.8) is 0 Å². The molecule has 4 N–H and O–H groups in total. The summed E-state index contributed by atoms with van der Waals surface area (Å²) in [5, 5.41) is 8.99. The van der Waals surface area contributed by atoms with Crippen LogP contribution in [0.2, 0.25) is 0 Å². The van der Waals surface area contributed by atoms with Crippen LogP contribution in [0.3, 0.4) is 0 Å². The molecule has 0 aliphatic heterocycles. The number of rotatable bonds is 5. The first-order chi connectivity index (χ1) is 9.72. The van der Waals surface area contributed by atoms with E-state index in [1.165, 1.54) is 0 Å². The molecule has 0 aliphatic carbocycles. The van der Waals surface area contributed by atoms with Crippen molar-refractivity contribution in [2.45, 2.75) is 17.3 Å². The van der Waals surface area contributed by atoms with Gasteiger partial charge in [-0.25, -0.2) is 5.84 Å². The number of amides is 1. The Morgan fingerprint density at radius 1 is 1.15 bits per heavy atom. The number of nitrogen functional groups attached to an aromatic ring is 1. The Hall–Kier alpha value is -1.82. The summed E-state index contributed by atoms with van der Waals surface area (Å²) < 4.78 is 0. The number of hydrazine groups is 1. The van der Waals surface area contributed by atoms with Gasteiger partial charge in [-0.2, -0.15) is 0 Å². The zero-order chi connectivity index (χ0) is 14.4. The van der Waals surface area contributed by atoms with Gasteiger partial charge in [0.25, 0.3) is 5.91 Å². The number of thioether (sulfide) groups is 1. The Morgan fingerprint density at radius 2 is 1.90 bits per heavy atom. The van der Waals surface area contributed by atoms with Crippen molar-refractivity contribution in [2.24, 2.45) is 5.84 Å². The third-order valence-corrected chi connectivity index (χ3v) is 3.91. The average molecular weight is 288 g/mol. The van der Waals surface area contributed by atoms with Crippen LogP contribution in [0.5, 0.6) is 0 Å². The van der Waals surface area contributed by atoms with Crippen LogP contribution in [0.1, 0.15) is 21.5 Å². The second-order valence-electron chi connectivity index (χ2n) is 4.26. The Morgan fingerprint density at radius 3 is 2.55 bits per heavy atom. The maximum atomic E-state index is 11.4. The number of aliphatic hydroxyl groups is 1. The normalized spacial score (nSPS) is 10.3. The van der Waals surface area contributed by atoms with E-state index in [1.807, 2.05) is 42.5 Å². The van der Waals surface area contributed by atoms with Crippen molar-refractivity contribution in [1.82, 2.24) is 5.43 Å². The minimum absolute atomic E-state index is 0.0567. The maximum Gasteiger partial charge on any atom is 0.265 e. The van der Waals surface area contributed by atoms with Crippen LogP contribution in [0.15, 0.2) is 53.4 Å². The summed E-state index contributed by atoms with van der Waals surface area (Å²) in [6, 6.07) is 15.1. The fourth-order valence-corrected chi connectivity index (χ4v) is 2.58. The van der Waals surface area contributed by atoms with Crippen molar-refractivity contribution in [2.75, 3.05) is 0 Å². The Labute approximate surface area is 122 Å². The summed E-state index contributed by atoms with van der Waals surface area (Å²) in [6.45, 7) is 0.0567. The number of nitrogens with one attached hydrogen (secondary N) is 1. The molecular formula is C15H16N2O2S. The summed E-state index contributed by atoms with van der Waals surface area (Å²) in [5.74, 6) is 5.60. The van der Waals surface area contributed by atoms with Crippen LogP contribution in [-0.4, -0.2) is 11.0 Å². The number of aliphatic hydroxyl groups excluding tert-OH is 1. The van der Waals surface area contributed by atoms with E-state index in [2.05, 4.69) is 5.43 Å². The fourth-order valence-electron chi connectivity index (χ4n) is 1.74. The first-order valence-electron chi connectivity index (χ1n) is 6.15. The summed E-state index contributed by atoms with van der Waals surface area (Å²) in [6.07, 6.45) is 0. The Balaban J connectivity index is 2.01. The van der Waals surface area contributed by atoms with E-state index >= 15 is 0 Å². The zero-order valence-electron chi connectivity index (χ0n) is 10.9. The summed E-state index contributed by atoms with van der Waals surface area (Å²) in [4.78, 5) is 12.6. The largest absolute Gasteiger partial charge is 0.392 e. The zero-order valence-corrected chi connectivity index (χ0v) is 11.7. The van der Waals surface area contributed by atoms with E-state index < -0.39 is 0 Å². The van der Waals surface area contributed by atoms with Crippen molar-refractivity contribution >= 4 is 17.7 Å². The number of benzene rings is 2. The topological polar surface area (TPSA) is 75.3 Å². The van der Waals surface area contributed by atoms with Gasteiger partial charge in [0, 0.05) is 16.2 Å². The lowest BCUT2D eigenvalue weighted by atomic mass is 10.1. The van der Waals surface area contributed by atoms with Gasteiger partial charge in [-0.05, 0) is 35.4 Å². The molecular weight excluding hydrogens is 272 g/mol. The molecule has 0 fully saturated rings. The Bertz CT molecular complexity index is 585. The molecule has 0 aromatic heterocycles. The average Bonchev–Trinajstić information content (AvgIpc) is 2.53. The molecule has 104 valence electrons. The molecule has 0 heterocycles. The van der Waals surface area contributed by atoms with Gasteiger partial charge in [0.15, 0.2) is 0 Å². The standard InChI is InChI=1S/C15H16N2O2S/c16-17-15(19)13-3-1-2-12(8-13)10-20-14-6-4-11(9-18)5-7-14/h1-8,18H,9-10,16H2,(H,17,19). The Kier molecular flexibility index (Phi) is 5.17. The smallest absolute Gasteiger partial charge is 0.265 e. The molecule has 2 aromatic carbocycles. The molecule has 0 bridgehead atoms. The first kappa shape index (κ1) is 14.6. The molecule has 0 spiro atoms. The number of nitrogens with two attached hydrogens (primary N) is 1. The van der Waals surface area contributed by atoms with Crippen molar-refractivity contribution < 1.29 is 9.90 Å². The van der Waals surface area contributed by atoms with E-state index in [0.29, 0.717) is 5.56 Å². The van der Waals surface area contributed by atoms with E-state index in [0.717, 1.165) is 21.8 Å². The van der Waals surface area contributed by atoms with Crippen LogP contribution in [0, 0.1) is 0 Å². The predicted molar refractivity (Wildman–Crippen MR) is 80.0 cm³/mol. The van der Waals surface area contributed by atoms with Gasteiger partial charge < -0.3 is 5.11 Å². The monoisotopic (exact) mass is 288 g/mol. The van der Waals surface area contributed by atoms with Crippen molar-refractivity contribution in [3.05, 3.63) is 65.2 Å². The molecule has 4 nitrogen and oxygen atoms in total. The molecule has 0 atom stereocenters. The number of hydrogen-bond acceptors (Lipinski definition) is 4. The molecule has 20 heavy (non-hydrogen) atoms. The van der Waals surface area contributed by atoms with Crippen molar-refractivity contribution in [3.8, 4) is 0 Å². The first-order valence-corrected chi connectivity index (χ1v) is 7.14. The summed E-state index contributed by atoms with van der Waals surface area (Å²) >= 11 is 1.68. The highest BCUT2D eigenvalue weighted by molar-refractivity contribution is 7.98. The van der Waals surface area contributed by atoms with Gasteiger partial charge >= 0.3 is 0 Å². The summed E-state index contributed by atoms with van der Waals surface area (Å²) in [7, 11) is 0. The van der Waals surface area contributed by atoms with Crippen LogP contribution in [0.4, 0.5) is 0 Å². The second-order valence-corrected chi connectivity index (χ2v) is 5.31. The fraction of sp³-hybridized carbons (Fsp3) is 0.133. The third kappa shape index (κ3) is 3.84. The van der Waals surface area contributed by atoms with Gasteiger partial charge in [0.1, 0.15) is 0 Å². The lowest BCUT2D eigenvalue weighted by molar-refractivity contribution is 0.0953. The van der Waals surface area contributed by atoms with Crippen molar-refractivity contribution in [1.29, 1.82) is 0 Å². The van der Waals surface area contributed by atoms with Crippen LogP contribution < -0.4 is 11.3 Å². The van der Waals surface area contributed by atoms with Gasteiger partial charge in [-0.15, -0.1) is 11.8 Å². The number of carbonyl (C=O) groups excluding carboxylic acids is 1. The highest BCUT2D eigenvalue weighted by Gasteiger charge is 2.04. The maximum absolute atomic E-state index is 11.4. The third-order valence-electron chi connectivity index (χ3n) is 2.83. The van der Waals surface area contributed by atoms with Gasteiger partial charge in [0.2, 0.25) is 0 Å². The minimum atomic E-state index is -0.288. The van der Waals surface area contributed by atoms with E-state index in [1.54, 1.807) is 17.8 Å². The molecule has 0 saturated carbocycles. The molecule has 0 saturated heterocycles. The quantitative estimate of drug-likeness (QED) is 0.341. The molecule has 5 heteroatoms. The molecule has 0 radical (unpaired) electrons. The van der Waals surface area contributed by atoms with Crippen LogP contribution >= 0.6 is 11.8 Å². The SMILES string of the molecule is NNC(=O)c1cccc(CSc2ccc(CO)cc2)c1. The van der Waals surface area contributed by atoms with Crippen LogP contribution in [-0.2, 0) is 12.4 Å². The number of hydrogen-bond donors (Lipinski definition) is 3. The van der Waals surface area contributed by atoms with E-state index in [9.17, 15) is 4.79 Å². The molecule has 2 rings (SSSR count). The molecule has 2 aromatic rings. The van der Waals surface area contributed by atoms with E-state index in [-0.39, 0.29) is 12.5 Å². The second kappa shape index (κ2) is 7.09. The van der Waals surface area contributed by atoms with Crippen LogP contribution in [0.25, 0.3) is 0 Å². The lowest BCUT2D eigenvalue weighted by Gasteiger charge is -2.05. The molecule has 0 aliphatic rings. The summed E-state index contributed by atoms with van der Waals surface area (Å²) in [5.41, 5.74) is 4.64. The number of carbonyl (C=O) groups is 1. The lowest BCUT2D eigenvalue weighted by Crippen LogP contribution is -2.29. The van der Waals surface area contributed by atoms with E-state index in [4.69, 9.17) is 10.9 Å². The minimum Gasteiger partial charge on any atom is -0.392 e. The highest BCUT2D eigenvalue weighted by Crippen LogP contribution is 2.23. The molecule has 0 unspecified atom stereocenters. The predicted octanol–water partition coefficient (Wildman–Crippen LogP) is 2.07. The van der Waals surface area contributed by atoms with Gasteiger partial charge in [-0.1, -0.05) is 24.3 Å².